The molecular weight excluding hydrogens is 283 g/mol. The highest BCUT2D eigenvalue weighted by atomic mass is 127. The van der Waals surface area contributed by atoms with Crippen LogP contribution in [-0.4, -0.2) is 0 Å². The molecule has 0 aliphatic carbocycles. The first-order chi connectivity index (χ1) is 6.86. The fourth-order valence-corrected chi connectivity index (χ4v) is 2.36. The molecule has 0 aliphatic rings. The van der Waals surface area contributed by atoms with Crippen LogP contribution in [0.1, 0.15) is 11.1 Å². The molecule has 2 rings (SSSR count). The van der Waals surface area contributed by atoms with Gasteiger partial charge in [0, 0.05) is 4.43 Å². The summed E-state index contributed by atoms with van der Waals surface area (Å²) in [6, 6.07) is 12.8. The molecule has 0 N–H and O–H groups in total. The van der Waals surface area contributed by atoms with Gasteiger partial charge in [0.15, 0.2) is 0 Å². The van der Waals surface area contributed by atoms with Gasteiger partial charge < -0.3 is 0 Å². The molecular formula is C13H11I. The van der Waals surface area contributed by atoms with Crippen LogP contribution in [0.25, 0.3) is 16.8 Å². The lowest BCUT2D eigenvalue weighted by Gasteiger charge is -2.05. The predicted octanol–water partition coefficient (Wildman–Crippen LogP) is 4.42. The van der Waals surface area contributed by atoms with Crippen molar-refractivity contribution in [3.8, 4) is 0 Å². The zero-order valence-electron chi connectivity index (χ0n) is 7.83. The van der Waals surface area contributed by atoms with Gasteiger partial charge in [-0.2, -0.15) is 0 Å². The Morgan fingerprint density at radius 2 is 1.79 bits per heavy atom. The molecule has 0 amide bonds. The van der Waals surface area contributed by atoms with E-state index in [1.807, 2.05) is 6.08 Å². The van der Waals surface area contributed by atoms with Crippen molar-refractivity contribution >= 4 is 39.4 Å². The zero-order chi connectivity index (χ0) is 9.97. The van der Waals surface area contributed by atoms with Crippen molar-refractivity contribution in [1.82, 2.24) is 0 Å². The molecule has 0 aliphatic heterocycles. The van der Waals surface area contributed by atoms with Crippen LogP contribution >= 0.6 is 22.6 Å². The smallest absolute Gasteiger partial charge is 0.0253 e. The molecule has 1 heteroatoms. The Morgan fingerprint density at radius 3 is 2.50 bits per heavy atom. The molecule has 14 heavy (non-hydrogen) atoms. The Bertz CT molecular complexity index is 472. The van der Waals surface area contributed by atoms with Gasteiger partial charge in [-0.1, -0.05) is 71.6 Å². The molecule has 0 bridgehead atoms. The summed E-state index contributed by atoms with van der Waals surface area (Å²) in [5.74, 6) is 0. The summed E-state index contributed by atoms with van der Waals surface area (Å²) in [6.07, 6.45) is 1.92. The van der Waals surface area contributed by atoms with Crippen LogP contribution in [0.15, 0.2) is 43.0 Å². The first kappa shape index (κ1) is 9.71. The average molecular weight is 294 g/mol. The van der Waals surface area contributed by atoms with E-state index in [-0.39, 0.29) is 0 Å². The van der Waals surface area contributed by atoms with Gasteiger partial charge in [0.05, 0.1) is 0 Å². The van der Waals surface area contributed by atoms with Crippen LogP contribution in [0.5, 0.6) is 0 Å². The first-order valence-electron chi connectivity index (χ1n) is 4.56. The van der Waals surface area contributed by atoms with Crippen molar-refractivity contribution in [2.24, 2.45) is 0 Å². The summed E-state index contributed by atoms with van der Waals surface area (Å²) < 4.78 is 1.05. The van der Waals surface area contributed by atoms with Crippen molar-refractivity contribution in [2.45, 2.75) is 4.43 Å². The molecule has 0 saturated carbocycles. The second kappa shape index (κ2) is 4.13. The molecule has 70 valence electrons. The van der Waals surface area contributed by atoms with Gasteiger partial charge in [-0.25, -0.2) is 0 Å². The third-order valence-corrected chi connectivity index (χ3v) is 3.23. The number of rotatable bonds is 2. The van der Waals surface area contributed by atoms with Gasteiger partial charge in [0.2, 0.25) is 0 Å². The lowest BCUT2D eigenvalue weighted by atomic mass is 10.0. The molecule has 0 radical (unpaired) electrons. The number of hydrogen-bond acceptors (Lipinski definition) is 0. The molecule has 0 nitrogen and oxygen atoms in total. The standard InChI is InChI=1S/C13H11I/c1-2-10-5-3-8-13-11(9-14)6-4-7-12(10)13/h2-8H,1,9H2. The summed E-state index contributed by atoms with van der Waals surface area (Å²) >= 11 is 2.40. The van der Waals surface area contributed by atoms with Crippen LogP contribution in [0.3, 0.4) is 0 Å². The van der Waals surface area contributed by atoms with E-state index in [2.05, 4.69) is 65.6 Å². The minimum absolute atomic E-state index is 1.05. The molecule has 0 atom stereocenters. The average Bonchev–Trinajstić information content (AvgIpc) is 2.27. The van der Waals surface area contributed by atoms with E-state index in [1.54, 1.807) is 0 Å². The van der Waals surface area contributed by atoms with Crippen molar-refractivity contribution in [3.63, 3.8) is 0 Å². The van der Waals surface area contributed by atoms with Gasteiger partial charge >= 0.3 is 0 Å². The molecule has 0 fully saturated rings. The Morgan fingerprint density at radius 1 is 1.07 bits per heavy atom. The van der Waals surface area contributed by atoms with Crippen molar-refractivity contribution in [2.75, 3.05) is 0 Å². The lowest BCUT2D eigenvalue weighted by Crippen LogP contribution is -1.83. The fraction of sp³-hybridized carbons (Fsp3) is 0.0769. The van der Waals surface area contributed by atoms with Gasteiger partial charge in [-0.3, -0.25) is 0 Å². The number of halogens is 1. The monoisotopic (exact) mass is 294 g/mol. The van der Waals surface area contributed by atoms with Crippen LogP contribution in [-0.2, 0) is 4.43 Å². The Hall–Kier alpha value is -0.830. The van der Waals surface area contributed by atoms with E-state index >= 15 is 0 Å². The van der Waals surface area contributed by atoms with Crippen LogP contribution in [0, 0.1) is 0 Å². The first-order valence-corrected chi connectivity index (χ1v) is 6.08. The summed E-state index contributed by atoms with van der Waals surface area (Å²) in [5, 5.41) is 2.65. The van der Waals surface area contributed by atoms with Crippen LogP contribution in [0.4, 0.5) is 0 Å². The maximum absolute atomic E-state index is 3.83. The number of benzene rings is 2. The van der Waals surface area contributed by atoms with E-state index in [0.717, 1.165) is 4.43 Å². The van der Waals surface area contributed by atoms with Crippen LogP contribution in [0.2, 0.25) is 0 Å². The van der Waals surface area contributed by atoms with E-state index < -0.39 is 0 Å². The summed E-state index contributed by atoms with van der Waals surface area (Å²) in [5.41, 5.74) is 2.61. The highest BCUT2D eigenvalue weighted by molar-refractivity contribution is 14.1. The number of hydrogen-bond donors (Lipinski definition) is 0. The summed E-state index contributed by atoms with van der Waals surface area (Å²) in [6.45, 7) is 3.83. The normalized spacial score (nSPS) is 10.4. The Balaban J connectivity index is 2.84. The molecule has 0 spiro atoms. The SMILES string of the molecule is C=Cc1cccc2c(CI)cccc12. The largest absolute Gasteiger partial charge is 0.0984 e. The maximum atomic E-state index is 3.83. The van der Waals surface area contributed by atoms with Gasteiger partial charge in [-0.05, 0) is 21.9 Å². The quantitative estimate of drug-likeness (QED) is 0.568. The molecule has 2 aromatic carbocycles. The minimum Gasteiger partial charge on any atom is -0.0984 e. The third kappa shape index (κ3) is 1.57. The highest BCUT2D eigenvalue weighted by Crippen LogP contribution is 2.24. The zero-order valence-corrected chi connectivity index (χ0v) is 9.99. The Kier molecular flexibility index (Phi) is 2.87. The molecule has 0 saturated heterocycles. The van der Waals surface area contributed by atoms with Gasteiger partial charge in [0.1, 0.15) is 0 Å². The molecule has 0 aromatic heterocycles. The van der Waals surface area contributed by atoms with E-state index in [1.165, 1.54) is 21.9 Å². The lowest BCUT2D eigenvalue weighted by molar-refractivity contribution is 1.51. The summed E-state index contributed by atoms with van der Waals surface area (Å²) in [7, 11) is 0. The van der Waals surface area contributed by atoms with Crippen molar-refractivity contribution < 1.29 is 0 Å². The maximum Gasteiger partial charge on any atom is 0.0253 e. The predicted molar refractivity (Wildman–Crippen MR) is 71.8 cm³/mol. The second-order valence-corrected chi connectivity index (χ2v) is 3.96. The highest BCUT2D eigenvalue weighted by Gasteiger charge is 2.00. The molecule has 0 heterocycles. The van der Waals surface area contributed by atoms with Gasteiger partial charge in [-0.15, -0.1) is 0 Å². The van der Waals surface area contributed by atoms with E-state index in [4.69, 9.17) is 0 Å². The Labute approximate surface area is 97.8 Å². The number of fused-ring (bicyclic) bond motifs is 1. The van der Waals surface area contributed by atoms with Crippen LogP contribution < -0.4 is 0 Å². The molecule has 0 unspecified atom stereocenters. The minimum atomic E-state index is 1.05. The number of alkyl halides is 1. The fourth-order valence-electron chi connectivity index (χ4n) is 1.69. The van der Waals surface area contributed by atoms with Gasteiger partial charge in [0.25, 0.3) is 0 Å². The van der Waals surface area contributed by atoms with Crippen molar-refractivity contribution in [3.05, 3.63) is 54.1 Å². The molecule has 2 aromatic rings. The third-order valence-electron chi connectivity index (χ3n) is 2.41. The topological polar surface area (TPSA) is 0 Å². The second-order valence-electron chi connectivity index (χ2n) is 3.20. The van der Waals surface area contributed by atoms with E-state index in [9.17, 15) is 0 Å². The van der Waals surface area contributed by atoms with E-state index in [0.29, 0.717) is 0 Å². The van der Waals surface area contributed by atoms with Crippen molar-refractivity contribution in [1.29, 1.82) is 0 Å². The summed E-state index contributed by atoms with van der Waals surface area (Å²) in [4.78, 5) is 0.